The molecule has 0 aliphatic carbocycles. The first-order chi connectivity index (χ1) is 9.35. The number of aryl methyl sites for hydroxylation is 1. The van der Waals surface area contributed by atoms with Crippen LogP contribution in [-0.4, -0.2) is 40.4 Å². The second kappa shape index (κ2) is 5.82. The van der Waals surface area contributed by atoms with Gasteiger partial charge in [0.2, 0.25) is 5.91 Å². The van der Waals surface area contributed by atoms with E-state index in [0.717, 1.165) is 18.7 Å². The molecule has 2 unspecified atom stereocenters. The van der Waals surface area contributed by atoms with Crippen molar-refractivity contribution in [2.24, 2.45) is 0 Å². The molecule has 2 atom stereocenters. The second-order valence-electron chi connectivity index (χ2n) is 4.81. The highest BCUT2D eigenvalue weighted by atomic mass is 19.4. The fourth-order valence-corrected chi connectivity index (χ4v) is 2.10. The average Bonchev–Trinajstić information content (AvgIpc) is 2.82. The third kappa shape index (κ3) is 3.96. The first kappa shape index (κ1) is 14.8. The molecule has 1 N–H and O–H groups in total. The van der Waals surface area contributed by atoms with E-state index in [1.165, 1.54) is 6.92 Å². The van der Waals surface area contributed by atoms with Gasteiger partial charge in [-0.25, -0.2) is 4.98 Å². The monoisotopic (exact) mass is 291 g/mol. The molecular formula is C12H16F3N3O2. The number of rotatable bonds is 4. The first-order valence-corrected chi connectivity index (χ1v) is 6.34. The summed E-state index contributed by atoms with van der Waals surface area (Å²) in [6.07, 6.45) is -0.595. The van der Waals surface area contributed by atoms with Crippen LogP contribution < -0.4 is 5.32 Å². The van der Waals surface area contributed by atoms with Gasteiger partial charge in [0.15, 0.2) is 0 Å². The molecule has 1 aliphatic heterocycles. The lowest BCUT2D eigenvalue weighted by Crippen LogP contribution is -2.45. The number of carbonyl (C=O) groups excluding carboxylic acids is 1. The smallest absolute Gasteiger partial charge is 0.359 e. The van der Waals surface area contributed by atoms with Crippen LogP contribution in [0.5, 0.6) is 0 Å². The van der Waals surface area contributed by atoms with Crippen LogP contribution in [0.15, 0.2) is 12.4 Å². The number of aromatic nitrogens is 2. The van der Waals surface area contributed by atoms with E-state index in [1.807, 2.05) is 10.8 Å². The van der Waals surface area contributed by atoms with Gasteiger partial charge in [-0.15, -0.1) is 0 Å². The maximum atomic E-state index is 12.0. The van der Waals surface area contributed by atoms with Gasteiger partial charge in [0.05, 0.1) is 0 Å². The Hall–Kier alpha value is -1.57. The van der Waals surface area contributed by atoms with Crippen LogP contribution in [0.2, 0.25) is 0 Å². The number of halogens is 3. The molecule has 8 heteroatoms. The number of hydrogen-bond acceptors (Lipinski definition) is 3. The van der Waals surface area contributed by atoms with Gasteiger partial charge in [0.1, 0.15) is 18.5 Å². The molecular weight excluding hydrogens is 275 g/mol. The molecule has 0 fully saturated rings. The first-order valence-electron chi connectivity index (χ1n) is 6.34. The average molecular weight is 291 g/mol. The van der Waals surface area contributed by atoms with Crippen molar-refractivity contribution < 1.29 is 22.7 Å². The Bertz CT molecular complexity index is 473. The van der Waals surface area contributed by atoms with Crippen LogP contribution in [-0.2, 0) is 22.5 Å². The molecule has 1 aromatic rings. The molecule has 1 aromatic heterocycles. The van der Waals surface area contributed by atoms with E-state index in [1.54, 1.807) is 6.20 Å². The van der Waals surface area contributed by atoms with Gasteiger partial charge in [0.25, 0.3) is 0 Å². The van der Waals surface area contributed by atoms with E-state index >= 15 is 0 Å². The van der Waals surface area contributed by atoms with Crippen LogP contribution in [0.4, 0.5) is 13.2 Å². The molecule has 20 heavy (non-hydrogen) atoms. The molecule has 1 aliphatic rings. The van der Waals surface area contributed by atoms with Crippen LogP contribution in [0.25, 0.3) is 0 Å². The Kier molecular flexibility index (Phi) is 4.32. The van der Waals surface area contributed by atoms with Crippen molar-refractivity contribution in [1.82, 2.24) is 14.9 Å². The van der Waals surface area contributed by atoms with Crippen molar-refractivity contribution in [3.63, 3.8) is 0 Å². The maximum Gasteiger partial charge on any atom is 0.411 e. The van der Waals surface area contributed by atoms with Crippen molar-refractivity contribution in [2.45, 2.75) is 44.6 Å². The van der Waals surface area contributed by atoms with E-state index in [0.29, 0.717) is 6.54 Å². The summed E-state index contributed by atoms with van der Waals surface area (Å²) in [6, 6.07) is -0.110. The van der Waals surface area contributed by atoms with Gasteiger partial charge < -0.3 is 14.6 Å². The minimum atomic E-state index is -4.43. The molecule has 0 saturated heterocycles. The molecule has 1 amide bonds. The van der Waals surface area contributed by atoms with Crippen molar-refractivity contribution >= 4 is 5.91 Å². The number of hydrogen-bond donors (Lipinski definition) is 1. The summed E-state index contributed by atoms with van der Waals surface area (Å²) in [5, 5.41) is 2.71. The third-order valence-electron chi connectivity index (χ3n) is 3.15. The Morgan fingerprint density at radius 2 is 2.40 bits per heavy atom. The van der Waals surface area contributed by atoms with Gasteiger partial charge in [0, 0.05) is 31.4 Å². The Labute approximate surface area is 114 Å². The van der Waals surface area contributed by atoms with Crippen molar-refractivity contribution in [3.8, 4) is 0 Å². The summed E-state index contributed by atoms with van der Waals surface area (Å²) in [4.78, 5) is 15.9. The quantitative estimate of drug-likeness (QED) is 0.909. The lowest BCUT2D eigenvalue weighted by molar-refractivity contribution is -0.185. The molecule has 2 heterocycles. The number of nitrogens with zero attached hydrogens (tertiary/aromatic N) is 2. The van der Waals surface area contributed by atoms with E-state index in [9.17, 15) is 18.0 Å². The highest BCUT2D eigenvalue weighted by Crippen LogP contribution is 2.16. The summed E-state index contributed by atoms with van der Waals surface area (Å²) >= 11 is 0. The van der Waals surface area contributed by atoms with Gasteiger partial charge in [-0.1, -0.05) is 0 Å². The summed E-state index contributed by atoms with van der Waals surface area (Å²) in [6.45, 7) is 0.470. The van der Waals surface area contributed by atoms with Crippen LogP contribution in [0, 0.1) is 0 Å². The zero-order valence-electron chi connectivity index (χ0n) is 11.0. The Morgan fingerprint density at radius 3 is 3.10 bits per heavy atom. The van der Waals surface area contributed by atoms with Gasteiger partial charge in [-0.3, -0.25) is 4.79 Å². The number of fused-ring (bicyclic) bond motifs is 1. The second-order valence-corrected chi connectivity index (χ2v) is 4.81. The largest absolute Gasteiger partial charge is 0.411 e. The van der Waals surface area contributed by atoms with Crippen molar-refractivity contribution in [1.29, 1.82) is 0 Å². The van der Waals surface area contributed by atoms with Crippen LogP contribution in [0.3, 0.4) is 0 Å². The normalized spacial score (nSPS) is 20.3. The fraction of sp³-hybridized carbons (Fsp3) is 0.667. The third-order valence-corrected chi connectivity index (χ3v) is 3.15. The molecule has 0 aromatic carbocycles. The number of ether oxygens (including phenoxy) is 1. The summed E-state index contributed by atoms with van der Waals surface area (Å²) < 4.78 is 42.4. The SMILES string of the molecule is CC(OCC(F)(F)F)C(=O)NC1CCc2nccn2C1. The van der Waals surface area contributed by atoms with Crippen LogP contribution in [0.1, 0.15) is 19.2 Å². The lowest BCUT2D eigenvalue weighted by Gasteiger charge is -2.26. The van der Waals surface area contributed by atoms with E-state index in [4.69, 9.17) is 0 Å². The molecule has 0 spiro atoms. The van der Waals surface area contributed by atoms with E-state index in [2.05, 4.69) is 15.0 Å². The van der Waals surface area contributed by atoms with Crippen LogP contribution >= 0.6 is 0 Å². The van der Waals surface area contributed by atoms with Crippen molar-refractivity contribution in [2.75, 3.05) is 6.61 Å². The van der Waals surface area contributed by atoms with Gasteiger partial charge in [-0.05, 0) is 13.3 Å². The number of amides is 1. The number of carbonyl (C=O) groups is 1. The standard InChI is InChI=1S/C12H16F3N3O2/c1-8(20-7-12(13,14)15)11(19)17-9-2-3-10-16-4-5-18(10)6-9/h4-5,8-9H,2-3,6-7H2,1H3,(H,17,19). The van der Waals surface area contributed by atoms with Gasteiger partial charge >= 0.3 is 6.18 Å². The summed E-state index contributed by atoms with van der Waals surface area (Å²) in [5.41, 5.74) is 0. The fourth-order valence-electron chi connectivity index (χ4n) is 2.10. The molecule has 0 saturated carbocycles. The Balaban J connectivity index is 1.80. The van der Waals surface area contributed by atoms with Crippen molar-refractivity contribution in [3.05, 3.63) is 18.2 Å². The van der Waals surface area contributed by atoms with Gasteiger partial charge in [-0.2, -0.15) is 13.2 Å². The minimum absolute atomic E-state index is 0.110. The van der Waals surface area contributed by atoms with E-state index in [-0.39, 0.29) is 6.04 Å². The molecule has 0 radical (unpaired) electrons. The summed E-state index contributed by atoms with van der Waals surface area (Å²) in [7, 11) is 0. The Morgan fingerprint density at radius 1 is 1.65 bits per heavy atom. The predicted molar refractivity (Wildman–Crippen MR) is 63.9 cm³/mol. The maximum absolute atomic E-state index is 12.0. The molecule has 112 valence electrons. The highest BCUT2D eigenvalue weighted by molar-refractivity contribution is 5.80. The molecule has 5 nitrogen and oxygen atoms in total. The number of nitrogens with one attached hydrogen (secondary N) is 1. The zero-order chi connectivity index (χ0) is 14.8. The number of alkyl halides is 3. The molecule has 2 rings (SSSR count). The highest BCUT2D eigenvalue weighted by Gasteiger charge is 2.30. The topological polar surface area (TPSA) is 56.1 Å². The van der Waals surface area contributed by atoms with E-state index < -0.39 is 24.8 Å². The zero-order valence-corrected chi connectivity index (χ0v) is 11.0. The lowest BCUT2D eigenvalue weighted by atomic mass is 10.1. The molecule has 0 bridgehead atoms. The number of imidazole rings is 1. The predicted octanol–water partition coefficient (Wildman–Crippen LogP) is 1.28. The minimum Gasteiger partial charge on any atom is -0.359 e. The summed E-state index contributed by atoms with van der Waals surface area (Å²) in [5.74, 6) is 0.430.